The zero-order valence-electron chi connectivity index (χ0n) is 9.95. The molecule has 0 aromatic heterocycles. The molecule has 0 bridgehead atoms. The Balaban J connectivity index is 2.42. The Morgan fingerprint density at radius 1 is 1.18 bits per heavy atom. The van der Waals surface area contributed by atoms with Crippen molar-refractivity contribution in [3.05, 3.63) is 52.0 Å². The average Bonchev–Trinajstić information content (AvgIpc) is 2.34. The van der Waals surface area contributed by atoms with Crippen LogP contribution in [0.3, 0.4) is 0 Å². The van der Waals surface area contributed by atoms with Crippen LogP contribution in [0.2, 0.25) is 0 Å². The number of fused-ring (bicyclic) bond motifs is 2. The fourth-order valence-electron chi connectivity index (χ4n) is 2.07. The highest BCUT2D eigenvalue weighted by molar-refractivity contribution is 7.99. The van der Waals surface area contributed by atoms with Crippen molar-refractivity contribution >= 4 is 24.0 Å². The SMILES string of the molecule is C=c1cc(C)c2c(c1C)Sc1ccccc1N=2. The minimum absolute atomic E-state index is 1.07. The molecule has 1 aliphatic heterocycles. The second kappa shape index (κ2) is 3.74. The summed E-state index contributed by atoms with van der Waals surface area (Å²) in [4.78, 5) is 7.25. The first-order valence-corrected chi connectivity index (χ1v) is 6.43. The first kappa shape index (κ1) is 10.6. The van der Waals surface area contributed by atoms with Crippen molar-refractivity contribution < 1.29 is 0 Å². The molecule has 0 unspecified atom stereocenters. The van der Waals surface area contributed by atoms with Crippen LogP contribution >= 0.6 is 11.8 Å². The van der Waals surface area contributed by atoms with E-state index in [4.69, 9.17) is 4.99 Å². The normalized spacial score (nSPS) is 12.6. The predicted molar refractivity (Wildman–Crippen MR) is 72.4 cm³/mol. The highest BCUT2D eigenvalue weighted by atomic mass is 32.2. The quantitative estimate of drug-likeness (QED) is 0.587. The number of benzene rings is 2. The molecule has 17 heavy (non-hydrogen) atoms. The minimum Gasteiger partial charge on any atom is -0.246 e. The van der Waals surface area contributed by atoms with Gasteiger partial charge in [0.05, 0.1) is 11.0 Å². The van der Waals surface area contributed by atoms with Gasteiger partial charge in [-0.15, -0.1) is 0 Å². The van der Waals surface area contributed by atoms with E-state index in [9.17, 15) is 0 Å². The van der Waals surface area contributed by atoms with Crippen LogP contribution in [0.15, 0.2) is 45.1 Å². The van der Waals surface area contributed by atoms with Crippen molar-refractivity contribution in [1.29, 1.82) is 0 Å². The maximum Gasteiger partial charge on any atom is 0.0809 e. The lowest BCUT2D eigenvalue weighted by Gasteiger charge is -2.15. The molecular formula is C15H13NS. The second-order valence-corrected chi connectivity index (χ2v) is 5.39. The molecule has 1 aliphatic rings. The van der Waals surface area contributed by atoms with Gasteiger partial charge in [-0.2, -0.15) is 0 Å². The molecule has 2 aromatic rings. The van der Waals surface area contributed by atoms with Gasteiger partial charge in [-0.3, -0.25) is 0 Å². The van der Waals surface area contributed by atoms with E-state index < -0.39 is 0 Å². The van der Waals surface area contributed by atoms with E-state index in [1.54, 1.807) is 11.8 Å². The Kier molecular flexibility index (Phi) is 2.33. The van der Waals surface area contributed by atoms with Crippen molar-refractivity contribution in [3.63, 3.8) is 0 Å². The molecule has 0 saturated heterocycles. The van der Waals surface area contributed by atoms with Gasteiger partial charge in [0, 0.05) is 9.79 Å². The van der Waals surface area contributed by atoms with Gasteiger partial charge in [0.15, 0.2) is 0 Å². The van der Waals surface area contributed by atoms with Crippen LogP contribution in [-0.4, -0.2) is 0 Å². The van der Waals surface area contributed by atoms with E-state index in [1.807, 2.05) is 6.07 Å². The topological polar surface area (TPSA) is 12.4 Å². The van der Waals surface area contributed by atoms with Gasteiger partial charge in [-0.1, -0.05) is 36.5 Å². The molecule has 1 heterocycles. The lowest BCUT2D eigenvalue weighted by molar-refractivity contribution is 1.08. The van der Waals surface area contributed by atoms with Crippen molar-refractivity contribution in [3.8, 4) is 0 Å². The molecule has 0 saturated carbocycles. The number of aryl methyl sites for hydroxylation is 1. The molecule has 0 fully saturated rings. The Morgan fingerprint density at radius 2 is 1.94 bits per heavy atom. The summed E-state index contributed by atoms with van der Waals surface area (Å²) in [5.74, 6) is 0. The van der Waals surface area contributed by atoms with E-state index >= 15 is 0 Å². The molecule has 0 radical (unpaired) electrons. The van der Waals surface area contributed by atoms with Gasteiger partial charge in [-0.05, 0) is 42.3 Å². The van der Waals surface area contributed by atoms with Gasteiger partial charge in [0.2, 0.25) is 0 Å². The molecule has 2 aromatic carbocycles. The monoisotopic (exact) mass is 239 g/mol. The van der Waals surface area contributed by atoms with Gasteiger partial charge in [-0.25, -0.2) is 4.99 Å². The Labute approximate surface area is 105 Å². The minimum atomic E-state index is 1.07. The largest absolute Gasteiger partial charge is 0.246 e. The summed E-state index contributed by atoms with van der Waals surface area (Å²) in [6.45, 7) is 8.31. The summed E-state index contributed by atoms with van der Waals surface area (Å²) in [6, 6.07) is 10.4. The van der Waals surface area contributed by atoms with Crippen LogP contribution in [0.4, 0.5) is 5.69 Å². The second-order valence-electron chi connectivity index (χ2n) is 4.34. The molecule has 0 aliphatic carbocycles. The summed E-state index contributed by atoms with van der Waals surface area (Å²) in [5, 5.41) is 2.21. The molecule has 1 nitrogen and oxygen atoms in total. The van der Waals surface area contributed by atoms with Crippen LogP contribution in [0.5, 0.6) is 0 Å². The average molecular weight is 239 g/mol. The summed E-state index contributed by atoms with van der Waals surface area (Å²) in [6.07, 6.45) is 0. The molecule has 2 heteroatoms. The van der Waals surface area contributed by atoms with E-state index in [0.29, 0.717) is 0 Å². The predicted octanol–water partition coefficient (Wildman–Crippen LogP) is 3.13. The summed E-state index contributed by atoms with van der Waals surface area (Å²) < 4.78 is 0. The first-order valence-electron chi connectivity index (χ1n) is 5.61. The third kappa shape index (κ3) is 1.60. The van der Waals surface area contributed by atoms with E-state index in [0.717, 1.165) is 16.3 Å². The van der Waals surface area contributed by atoms with Gasteiger partial charge < -0.3 is 0 Å². The van der Waals surface area contributed by atoms with Crippen molar-refractivity contribution in [1.82, 2.24) is 0 Å². The summed E-state index contributed by atoms with van der Waals surface area (Å²) >= 11 is 1.80. The van der Waals surface area contributed by atoms with Gasteiger partial charge >= 0.3 is 0 Å². The van der Waals surface area contributed by atoms with Gasteiger partial charge in [0.1, 0.15) is 0 Å². The molecule has 3 rings (SSSR count). The molecular weight excluding hydrogens is 226 g/mol. The third-order valence-electron chi connectivity index (χ3n) is 3.11. The van der Waals surface area contributed by atoms with Crippen LogP contribution in [0.1, 0.15) is 11.1 Å². The van der Waals surface area contributed by atoms with E-state index in [2.05, 4.69) is 44.7 Å². The molecule has 0 atom stereocenters. The number of nitrogens with zero attached hydrogens (tertiary/aromatic N) is 1. The van der Waals surface area contributed by atoms with Crippen LogP contribution in [0.25, 0.3) is 6.58 Å². The molecule has 0 N–H and O–H groups in total. The van der Waals surface area contributed by atoms with Crippen LogP contribution in [-0.2, 0) is 0 Å². The van der Waals surface area contributed by atoms with Crippen molar-refractivity contribution in [2.45, 2.75) is 23.6 Å². The Bertz CT molecular complexity index is 716. The standard InChI is InChI=1S/C15H13NS/c1-9-8-10(2)14-15(11(9)3)17-13-7-5-4-6-12(13)16-14/h4-8H,1H2,2-3H3. The Morgan fingerprint density at radius 3 is 2.76 bits per heavy atom. The van der Waals surface area contributed by atoms with Gasteiger partial charge in [0.25, 0.3) is 0 Å². The van der Waals surface area contributed by atoms with Crippen molar-refractivity contribution in [2.24, 2.45) is 4.99 Å². The molecule has 84 valence electrons. The maximum absolute atomic E-state index is 4.76. The zero-order valence-corrected chi connectivity index (χ0v) is 10.8. The first-order chi connectivity index (χ1) is 8.16. The number of hydrogen-bond donors (Lipinski definition) is 0. The van der Waals surface area contributed by atoms with E-state index in [-0.39, 0.29) is 0 Å². The molecule has 0 amide bonds. The number of hydrogen-bond acceptors (Lipinski definition) is 2. The van der Waals surface area contributed by atoms with Crippen LogP contribution < -0.4 is 10.6 Å². The fourth-order valence-corrected chi connectivity index (χ4v) is 3.24. The van der Waals surface area contributed by atoms with E-state index in [1.165, 1.54) is 20.9 Å². The maximum atomic E-state index is 4.76. The highest BCUT2D eigenvalue weighted by Gasteiger charge is 2.14. The smallest absolute Gasteiger partial charge is 0.0809 e. The fraction of sp³-hybridized carbons (Fsp3) is 0.133. The Hall–Kier alpha value is -1.54. The van der Waals surface area contributed by atoms with Crippen LogP contribution in [0, 0.1) is 13.8 Å². The number of rotatable bonds is 0. The highest BCUT2D eigenvalue weighted by Crippen LogP contribution is 2.37. The summed E-state index contributed by atoms with van der Waals surface area (Å²) in [7, 11) is 0. The lowest BCUT2D eigenvalue weighted by atomic mass is 10.1. The lowest BCUT2D eigenvalue weighted by Crippen LogP contribution is -2.20. The van der Waals surface area contributed by atoms with Crippen molar-refractivity contribution in [2.75, 3.05) is 0 Å². The molecule has 0 spiro atoms. The summed E-state index contributed by atoms with van der Waals surface area (Å²) in [5.41, 5.74) is 3.52. The number of para-hydroxylation sites is 1. The zero-order chi connectivity index (χ0) is 12.0. The third-order valence-corrected chi connectivity index (χ3v) is 4.38.